The molecule has 164 valence electrons. The normalized spacial score (nSPS) is 11.1. The molecule has 0 bridgehead atoms. The number of halogens is 1. The van der Waals surface area contributed by atoms with Crippen LogP contribution in [0.5, 0.6) is 0 Å². The quantitative estimate of drug-likeness (QED) is 0.374. The highest BCUT2D eigenvalue weighted by atomic mass is 35.5. The van der Waals surface area contributed by atoms with Gasteiger partial charge in [-0.3, -0.25) is 4.79 Å². The number of amides is 1. The Balaban J connectivity index is 1.66. The maximum atomic E-state index is 12.1. The minimum Gasteiger partial charge on any atom is -0.346 e. The third-order valence-electron chi connectivity index (χ3n) is 5.65. The molecule has 0 spiro atoms. The Kier molecular flexibility index (Phi) is 6.88. The lowest BCUT2D eigenvalue weighted by molar-refractivity contribution is -0.129. The van der Waals surface area contributed by atoms with E-state index in [0.29, 0.717) is 24.5 Å². The molecular weight excluding hydrogens is 420 g/mol. The van der Waals surface area contributed by atoms with E-state index >= 15 is 0 Å². The molecule has 0 saturated carbocycles. The van der Waals surface area contributed by atoms with Crippen molar-refractivity contribution in [3.63, 3.8) is 0 Å². The highest BCUT2D eigenvalue weighted by Gasteiger charge is 2.15. The van der Waals surface area contributed by atoms with Crippen molar-refractivity contribution in [1.82, 2.24) is 19.6 Å². The lowest BCUT2D eigenvalue weighted by Crippen LogP contribution is -2.29. The molecule has 0 aliphatic carbocycles. The summed E-state index contributed by atoms with van der Waals surface area (Å²) in [6, 6.07) is 22.2. The molecule has 0 aliphatic heterocycles. The molecule has 0 unspecified atom stereocenters. The predicted octanol–water partition coefficient (Wildman–Crippen LogP) is 5.28. The van der Waals surface area contributed by atoms with E-state index in [1.165, 1.54) is 0 Å². The first-order valence-corrected chi connectivity index (χ1v) is 11.2. The third-order valence-corrected chi connectivity index (χ3v) is 5.90. The number of carbonyl (C=O) groups is 1. The van der Waals surface area contributed by atoms with Crippen LogP contribution in [0.1, 0.15) is 19.0 Å². The van der Waals surface area contributed by atoms with Crippen molar-refractivity contribution in [2.75, 3.05) is 20.1 Å². The fourth-order valence-electron chi connectivity index (χ4n) is 3.67. The molecule has 4 rings (SSSR count). The molecule has 6 heteroatoms. The van der Waals surface area contributed by atoms with E-state index in [1.54, 1.807) is 4.90 Å². The summed E-state index contributed by atoms with van der Waals surface area (Å²) in [5.41, 5.74) is 6.14. The summed E-state index contributed by atoms with van der Waals surface area (Å²) in [7, 11) is 1.83. The molecule has 0 radical (unpaired) electrons. The maximum Gasteiger partial charge on any atom is 0.223 e. The van der Waals surface area contributed by atoms with Crippen molar-refractivity contribution < 1.29 is 4.79 Å². The number of hydrogen-bond acceptors (Lipinski definition) is 3. The first kappa shape index (κ1) is 22.1. The molecule has 2 aromatic heterocycles. The van der Waals surface area contributed by atoms with Crippen LogP contribution in [0.2, 0.25) is 5.02 Å². The Labute approximate surface area is 193 Å². The van der Waals surface area contributed by atoms with Gasteiger partial charge in [-0.15, -0.1) is 0 Å². The van der Waals surface area contributed by atoms with Crippen LogP contribution in [0.25, 0.3) is 28.0 Å². The van der Waals surface area contributed by atoms with E-state index in [1.807, 2.05) is 62.5 Å². The van der Waals surface area contributed by atoms with Crippen molar-refractivity contribution in [2.45, 2.75) is 19.9 Å². The van der Waals surface area contributed by atoms with Gasteiger partial charge < -0.3 is 14.6 Å². The van der Waals surface area contributed by atoms with Crippen molar-refractivity contribution in [1.29, 1.82) is 0 Å². The van der Waals surface area contributed by atoms with E-state index in [0.717, 1.165) is 40.3 Å². The van der Waals surface area contributed by atoms with Gasteiger partial charge in [-0.2, -0.15) is 0 Å². The topological polar surface area (TPSA) is 49.6 Å². The lowest BCUT2D eigenvalue weighted by Gasteiger charge is -2.14. The molecule has 0 saturated heterocycles. The summed E-state index contributed by atoms with van der Waals surface area (Å²) in [5, 5.41) is 4.13. The Bertz CT molecular complexity index is 1200. The van der Waals surface area contributed by atoms with Gasteiger partial charge in [0.15, 0.2) is 0 Å². The second-order valence-corrected chi connectivity index (χ2v) is 8.20. The smallest absolute Gasteiger partial charge is 0.223 e. The fourth-order valence-corrected chi connectivity index (χ4v) is 3.80. The molecule has 32 heavy (non-hydrogen) atoms. The van der Waals surface area contributed by atoms with E-state index in [9.17, 15) is 4.79 Å². The minimum absolute atomic E-state index is 0.141. The molecule has 0 aliphatic rings. The largest absolute Gasteiger partial charge is 0.346 e. The number of hydrogen-bond donors (Lipinski definition) is 1. The van der Waals surface area contributed by atoms with Crippen LogP contribution in [-0.4, -0.2) is 40.3 Å². The van der Waals surface area contributed by atoms with Crippen LogP contribution < -0.4 is 5.32 Å². The molecule has 4 aromatic rings. The number of aromatic nitrogens is 2. The Morgan fingerprint density at radius 3 is 2.44 bits per heavy atom. The van der Waals surface area contributed by atoms with E-state index < -0.39 is 0 Å². The van der Waals surface area contributed by atoms with Gasteiger partial charge in [0.2, 0.25) is 5.91 Å². The summed E-state index contributed by atoms with van der Waals surface area (Å²) in [4.78, 5) is 18.8. The van der Waals surface area contributed by atoms with Crippen LogP contribution in [0.3, 0.4) is 0 Å². The second kappa shape index (κ2) is 9.98. The van der Waals surface area contributed by atoms with Crippen molar-refractivity contribution in [2.24, 2.45) is 0 Å². The molecular formula is C26H27ClN4O. The molecule has 5 nitrogen and oxygen atoms in total. The van der Waals surface area contributed by atoms with Crippen LogP contribution in [0.4, 0.5) is 0 Å². The fraction of sp³-hybridized carbons (Fsp3) is 0.231. The summed E-state index contributed by atoms with van der Waals surface area (Å²) in [5.74, 6) is 0.141. The standard InChI is InChI=1S/C26H27ClN4O/c1-3-30(2)25(32)15-16-28-17-23-26(20-9-12-22(27)13-10-20)29-24-14-11-21(18-31(23)24)19-7-5-4-6-8-19/h4-14,18,28H,3,15-17H2,1-2H3. The predicted molar refractivity (Wildman–Crippen MR) is 131 cm³/mol. The van der Waals surface area contributed by atoms with Gasteiger partial charge in [0.05, 0.1) is 11.4 Å². The van der Waals surface area contributed by atoms with Crippen molar-refractivity contribution >= 4 is 23.2 Å². The number of imidazole rings is 1. The van der Waals surface area contributed by atoms with E-state index in [4.69, 9.17) is 16.6 Å². The molecule has 0 fully saturated rings. The number of fused-ring (bicyclic) bond motifs is 1. The summed E-state index contributed by atoms with van der Waals surface area (Å²) in [6.45, 7) is 3.90. The average Bonchev–Trinajstić information content (AvgIpc) is 3.19. The van der Waals surface area contributed by atoms with Gasteiger partial charge in [0.25, 0.3) is 0 Å². The summed E-state index contributed by atoms with van der Waals surface area (Å²) >= 11 is 6.10. The molecule has 1 amide bonds. The van der Waals surface area contributed by atoms with Gasteiger partial charge in [-0.25, -0.2) is 4.98 Å². The SMILES string of the molecule is CCN(C)C(=O)CCNCc1c(-c2ccc(Cl)cc2)nc2ccc(-c3ccccc3)cn12. The van der Waals surface area contributed by atoms with Crippen molar-refractivity contribution in [3.05, 3.63) is 83.6 Å². The van der Waals surface area contributed by atoms with Crippen LogP contribution >= 0.6 is 11.6 Å². The highest BCUT2D eigenvalue weighted by Crippen LogP contribution is 2.28. The third kappa shape index (κ3) is 4.85. The zero-order valence-corrected chi connectivity index (χ0v) is 19.1. The number of rotatable bonds is 8. The number of nitrogens with one attached hydrogen (secondary N) is 1. The second-order valence-electron chi connectivity index (χ2n) is 7.76. The minimum atomic E-state index is 0.141. The number of carbonyl (C=O) groups excluding carboxylic acids is 1. The first-order valence-electron chi connectivity index (χ1n) is 10.8. The van der Waals surface area contributed by atoms with Gasteiger partial charge in [-0.1, -0.05) is 54.1 Å². The number of pyridine rings is 1. The molecule has 2 aromatic carbocycles. The number of benzene rings is 2. The van der Waals surface area contributed by atoms with E-state index in [-0.39, 0.29) is 5.91 Å². The van der Waals surface area contributed by atoms with Gasteiger partial charge in [-0.05, 0) is 42.3 Å². The Hall–Kier alpha value is -3.15. The lowest BCUT2D eigenvalue weighted by atomic mass is 10.1. The van der Waals surface area contributed by atoms with Gasteiger partial charge in [0.1, 0.15) is 5.65 Å². The zero-order chi connectivity index (χ0) is 22.5. The maximum absolute atomic E-state index is 12.1. The highest BCUT2D eigenvalue weighted by molar-refractivity contribution is 6.30. The van der Waals surface area contributed by atoms with Gasteiger partial charge in [0, 0.05) is 49.9 Å². The number of nitrogens with zero attached hydrogens (tertiary/aromatic N) is 3. The van der Waals surface area contributed by atoms with Crippen molar-refractivity contribution in [3.8, 4) is 22.4 Å². The van der Waals surface area contributed by atoms with Crippen LogP contribution in [-0.2, 0) is 11.3 Å². The van der Waals surface area contributed by atoms with Crippen LogP contribution in [0.15, 0.2) is 72.9 Å². The molecule has 0 atom stereocenters. The Morgan fingerprint density at radius 2 is 1.72 bits per heavy atom. The van der Waals surface area contributed by atoms with Gasteiger partial charge >= 0.3 is 0 Å². The first-order chi connectivity index (χ1) is 15.6. The molecule has 1 N–H and O–H groups in total. The summed E-state index contributed by atoms with van der Waals surface area (Å²) < 4.78 is 2.14. The zero-order valence-electron chi connectivity index (χ0n) is 18.4. The van der Waals surface area contributed by atoms with Crippen LogP contribution in [0, 0.1) is 0 Å². The molecule has 2 heterocycles. The Morgan fingerprint density at radius 1 is 1.00 bits per heavy atom. The monoisotopic (exact) mass is 446 g/mol. The average molecular weight is 447 g/mol. The van der Waals surface area contributed by atoms with E-state index in [2.05, 4.69) is 34.1 Å². The summed E-state index contributed by atoms with van der Waals surface area (Å²) in [6.07, 6.45) is 2.59.